The molecule has 0 unspecified atom stereocenters. The van der Waals surface area contributed by atoms with E-state index in [1.54, 1.807) is 0 Å². The molecule has 148 valence electrons. The number of amides is 1. The third kappa shape index (κ3) is 6.62. The topological polar surface area (TPSA) is 64.6 Å². The molecule has 1 N–H and O–H groups in total. The Bertz CT molecular complexity index is 872. The van der Waals surface area contributed by atoms with E-state index >= 15 is 0 Å². The van der Waals surface area contributed by atoms with Crippen molar-refractivity contribution in [3.63, 3.8) is 0 Å². The number of anilines is 1. The maximum atomic E-state index is 13.0. The smallest absolute Gasteiger partial charge is 0.387 e. The highest BCUT2D eigenvalue weighted by Gasteiger charge is 2.18. The van der Waals surface area contributed by atoms with Gasteiger partial charge in [0.25, 0.3) is 5.91 Å². The van der Waals surface area contributed by atoms with Gasteiger partial charge in [-0.25, -0.2) is 9.18 Å². The van der Waals surface area contributed by atoms with Gasteiger partial charge in [0.05, 0.1) is 10.7 Å². The lowest BCUT2D eigenvalue weighted by Crippen LogP contribution is -2.29. The van der Waals surface area contributed by atoms with Gasteiger partial charge in [0.2, 0.25) is 0 Å². The minimum absolute atomic E-state index is 0.00559. The summed E-state index contributed by atoms with van der Waals surface area (Å²) in [4.78, 5) is 23.9. The first-order chi connectivity index (χ1) is 13.2. The Morgan fingerprint density at radius 2 is 1.82 bits per heavy atom. The third-order valence-electron chi connectivity index (χ3n) is 3.37. The highest BCUT2D eigenvalue weighted by Crippen LogP contribution is 2.22. The van der Waals surface area contributed by atoms with Gasteiger partial charge in [0.15, 0.2) is 6.10 Å². The Labute approximate surface area is 163 Å². The van der Waals surface area contributed by atoms with E-state index in [0.717, 1.165) is 18.2 Å². The second-order valence-electron chi connectivity index (χ2n) is 5.47. The summed E-state index contributed by atoms with van der Waals surface area (Å²) in [5.41, 5.74) is 0.714. The van der Waals surface area contributed by atoms with Crippen molar-refractivity contribution >= 4 is 35.2 Å². The van der Waals surface area contributed by atoms with E-state index in [4.69, 9.17) is 16.3 Å². The van der Waals surface area contributed by atoms with Crippen LogP contribution in [0.2, 0.25) is 5.02 Å². The second-order valence-corrected chi connectivity index (χ2v) is 5.88. The molecule has 1 amide bonds. The average molecular weight is 414 g/mol. The number of carbonyl (C=O) groups is 2. The van der Waals surface area contributed by atoms with Crippen LogP contribution >= 0.6 is 11.6 Å². The number of alkyl halides is 2. The maximum Gasteiger partial charge on any atom is 0.387 e. The molecule has 0 saturated heterocycles. The molecule has 28 heavy (non-hydrogen) atoms. The summed E-state index contributed by atoms with van der Waals surface area (Å²) in [6.07, 6.45) is 1.33. The minimum atomic E-state index is -2.92. The minimum Gasteiger partial charge on any atom is -0.449 e. The van der Waals surface area contributed by atoms with Gasteiger partial charge >= 0.3 is 12.6 Å². The van der Waals surface area contributed by atoms with Gasteiger partial charge in [-0.15, -0.1) is 0 Å². The lowest BCUT2D eigenvalue weighted by atomic mass is 10.2. The Morgan fingerprint density at radius 3 is 2.43 bits per heavy atom. The molecule has 0 heterocycles. The van der Waals surface area contributed by atoms with E-state index in [0.29, 0.717) is 5.56 Å². The summed E-state index contributed by atoms with van der Waals surface area (Å²) in [5.74, 6) is -2.01. The fourth-order valence-electron chi connectivity index (χ4n) is 2.02. The molecule has 0 saturated carbocycles. The lowest BCUT2D eigenvalue weighted by Gasteiger charge is -2.13. The summed E-state index contributed by atoms with van der Waals surface area (Å²) in [5, 5.41) is 2.43. The van der Waals surface area contributed by atoms with Crippen molar-refractivity contribution in [2.45, 2.75) is 19.6 Å². The molecule has 0 aliphatic rings. The predicted molar refractivity (Wildman–Crippen MR) is 97.7 cm³/mol. The molecule has 0 fully saturated rings. The van der Waals surface area contributed by atoms with Crippen molar-refractivity contribution in [3.05, 3.63) is 64.9 Å². The van der Waals surface area contributed by atoms with Gasteiger partial charge in [-0.05, 0) is 48.9 Å². The molecule has 1 atom stereocenters. The second kappa shape index (κ2) is 9.80. The highest BCUT2D eigenvalue weighted by atomic mass is 35.5. The first-order valence-corrected chi connectivity index (χ1v) is 8.32. The SMILES string of the molecule is C[C@@H](OC(=O)/C=C/c1ccc(OC(F)F)cc1)C(=O)Nc1ccc(F)cc1Cl. The molecule has 0 spiro atoms. The average Bonchev–Trinajstić information content (AvgIpc) is 2.63. The van der Waals surface area contributed by atoms with E-state index in [2.05, 4.69) is 10.1 Å². The van der Waals surface area contributed by atoms with Crippen LogP contribution in [-0.2, 0) is 14.3 Å². The van der Waals surface area contributed by atoms with Crippen molar-refractivity contribution in [2.75, 3.05) is 5.32 Å². The van der Waals surface area contributed by atoms with Gasteiger partial charge in [-0.1, -0.05) is 23.7 Å². The number of hydrogen-bond acceptors (Lipinski definition) is 4. The van der Waals surface area contributed by atoms with E-state index in [9.17, 15) is 22.8 Å². The van der Waals surface area contributed by atoms with E-state index in [1.165, 1.54) is 43.3 Å². The lowest BCUT2D eigenvalue weighted by molar-refractivity contribution is -0.148. The number of benzene rings is 2. The Kier molecular flexibility index (Phi) is 7.45. The fourth-order valence-corrected chi connectivity index (χ4v) is 2.23. The van der Waals surface area contributed by atoms with Crippen molar-refractivity contribution in [1.82, 2.24) is 0 Å². The van der Waals surface area contributed by atoms with Gasteiger partial charge in [0, 0.05) is 6.08 Å². The van der Waals surface area contributed by atoms with Crippen LogP contribution in [0.4, 0.5) is 18.9 Å². The first-order valence-electron chi connectivity index (χ1n) is 7.94. The van der Waals surface area contributed by atoms with Crippen LogP contribution in [0, 0.1) is 5.82 Å². The van der Waals surface area contributed by atoms with Crippen LogP contribution in [-0.4, -0.2) is 24.6 Å². The van der Waals surface area contributed by atoms with Crippen LogP contribution in [0.15, 0.2) is 48.5 Å². The molecule has 9 heteroatoms. The van der Waals surface area contributed by atoms with Gasteiger partial charge in [-0.3, -0.25) is 4.79 Å². The zero-order valence-corrected chi connectivity index (χ0v) is 15.3. The summed E-state index contributed by atoms with van der Waals surface area (Å²) < 4.78 is 46.4. The molecule has 2 rings (SSSR count). The first kappa shape index (κ1) is 21.3. The third-order valence-corrected chi connectivity index (χ3v) is 3.68. The van der Waals surface area contributed by atoms with Crippen LogP contribution < -0.4 is 10.1 Å². The quantitative estimate of drug-likeness (QED) is 0.529. The van der Waals surface area contributed by atoms with E-state index < -0.39 is 30.4 Å². The summed E-state index contributed by atoms with van der Waals surface area (Å²) >= 11 is 5.82. The monoisotopic (exact) mass is 413 g/mol. The zero-order valence-electron chi connectivity index (χ0n) is 14.5. The highest BCUT2D eigenvalue weighted by molar-refractivity contribution is 6.33. The van der Waals surface area contributed by atoms with Crippen molar-refractivity contribution in [2.24, 2.45) is 0 Å². The summed E-state index contributed by atoms with van der Waals surface area (Å²) in [6.45, 7) is -1.57. The van der Waals surface area contributed by atoms with Crippen molar-refractivity contribution in [3.8, 4) is 5.75 Å². The number of halogens is 4. The maximum absolute atomic E-state index is 13.0. The van der Waals surface area contributed by atoms with Crippen LogP contribution in [0.1, 0.15) is 12.5 Å². The van der Waals surface area contributed by atoms with Gasteiger partial charge in [0.1, 0.15) is 11.6 Å². The van der Waals surface area contributed by atoms with E-state index in [-0.39, 0.29) is 16.5 Å². The fraction of sp³-hybridized carbons (Fsp3) is 0.158. The van der Waals surface area contributed by atoms with Gasteiger partial charge < -0.3 is 14.8 Å². The molecule has 0 bridgehead atoms. The Balaban J connectivity index is 1.88. The number of ether oxygens (including phenoxy) is 2. The predicted octanol–water partition coefficient (Wildman–Crippen LogP) is 4.66. The largest absolute Gasteiger partial charge is 0.449 e. The molecule has 2 aromatic carbocycles. The number of esters is 1. The molecule has 0 radical (unpaired) electrons. The standard InChI is InChI=1S/C19H15ClF3NO4/c1-11(18(26)24-16-8-5-13(21)10-15(16)20)27-17(25)9-4-12-2-6-14(7-3-12)28-19(22)23/h2-11,19H,1H3,(H,24,26)/b9-4+/t11-/m1/s1. The summed E-state index contributed by atoms with van der Waals surface area (Å²) in [6, 6.07) is 9.01. The number of carbonyl (C=O) groups excluding carboxylic acids is 2. The number of nitrogens with one attached hydrogen (secondary N) is 1. The zero-order chi connectivity index (χ0) is 20.7. The molecule has 2 aromatic rings. The van der Waals surface area contributed by atoms with Crippen LogP contribution in [0.25, 0.3) is 6.08 Å². The molecular formula is C19H15ClF3NO4. The Hall–Kier alpha value is -3.00. The normalized spacial score (nSPS) is 12.1. The molecule has 0 aliphatic carbocycles. The van der Waals surface area contributed by atoms with Crippen LogP contribution in [0.5, 0.6) is 5.75 Å². The summed E-state index contributed by atoms with van der Waals surface area (Å²) in [7, 11) is 0. The van der Waals surface area contributed by atoms with Gasteiger partial charge in [-0.2, -0.15) is 8.78 Å². The van der Waals surface area contributed by atoms with E-state index in [1.807, 2.05) is 0 Å². The number of rotatable bonds is 7. The molecule has 0 aromatic heterocycles. The van der Waals surface area contributed by atoms with Crippen LogP contribution in [0.3, 0.4) is 0 Å². The molecule has 0 aliphatic heterocycles. The van der Waals surface area contributed by atoms with Crippen molar-refractivity contribution in [1.29, 1.82) is 0 Å². The molecular weight excluding hydrogens is 399 g/mol. The number of hydrogen-bond donors (Lipinski definition) is 1. The van der Waals surface area contributed by atoms with Crippen molar-refractivity contribution < 1.29 is 32.2 Å². The Morgan fingerprint density at radius 1 is 1.14 bits per heavy atom. The molecule has 5 nitrogen and oxygen atoms in total.